The van der Waals surface area contributed by atoms with Crippen molar-refractivity contribution in [3.63, 3.8) is 0 Å². The van der Waals surface area contributed by atoms with Gasteiger partial charge in [0.2, 0.25) is 5.91 Å². The molecule has 1 fully saturated rings. The molecule has 0 aromatic rings. The Balaban J connectivity index is 2.70. The molecule has 0 bridgehead atoms. The lowest BCUT2D eigenvalue weighted by atomic mass is 9.99. The average molecular weight is 1070 g/mol. The number of carbonyl (C=O) groups is 2. The third-order valence-electron chi connectivity index (χ3n) is 14.7. The van der Waals surface area contributed by atoms with Gasteiger partial charge >= 0.3 is 5.97 Å². The van der Waals surface area contributed by atoms with Crippen LogP contribution in [0.25, 0.3) is 0 Å². The first-order chi connectivity index (χ1) is 37.2. The number of hydrogen-bond donors (Lipinski definition) is 6. The van der Waals surface area contributed by atoms with Crippen LogP contribution in [-0.2, 0) is 23.8 Å². The lowest BCUT2D eigenvalue weighted by Gasteiger charge is -2.41. The zero-order chi connectivity index (χ0) is 55.4. The lowest BCUT2D eigenvalue weighted by Crippen LogP contribution is -2.61. The summed E-state index contributed by atoms with van der Waals surface area (Å²) in [7, 11) is 0. The molecule has 0 aromatic heterocycles. The van der Waals surface area contributed by atoms with Crippen molar-refractivity contribution in [3.05, 3.63) is 60.8 Å². The highest BCUT2D eigenvalue weighted by molar-refractivity contribution is 5.80. The van der Waals surface area contributed by atoms with E-state index in [-0.39, 0.29) is 19.4 Å². The summed E-state index contributed by atoms with van der Waals surface area (Å²) in [4.78, 5) is 26.5. The van der Waals surface area contributed by atoms with Crippen LogP contribution < -0.4 is 5.32 Å². The van der Waals surface area contributed by atoms with Gasteiger partial charge in [0.25, 0.3) is 0 Å². The van der Waals surface area contributed by atoms with Crippen LogP contribution in [0.1, 0.15) is 278 Å². The highest BCUT2D eigenvalue weighted by Crippen LogP contribution is 2.26. The SMILES string of the molecule is CCCCC/C=C\C/C=C\C/C=C\C/C=C\CCCCC(O)C(=O)NC(COC1OC(CO)C(O)C(O)C1OC(=O)CCCCCCCCCCCCCCCCCCC)C(O)/C=C/CCCCCCCCCCCC. The number of ether oxygens (including phenoxy) is 3. The van der Waals surface area contributed by atoms with E-state index in [0.717, 1.165) is 77.0 Å². The molecule has 0 aromatic carbocycles. The molecule has 442 valence electrons. The van der Waals surface area contributed by atoms with Crippen molar-refractivity contribution in [2.24, 2.45) is 0 Å². The van der Waals surface area contributed by atoms with Crippen LogP contribution in [0.5, 0.6) is 0 Å². The summed E-state index contributed by atoms with van der Waals surface area (Å²) in [5.74, 6) is -1.22. The van der Waals surface area contributed by atoms with Crippen molar-refractivity contribution < 1.29 is 49.3 Å². The number of aliphatic hydroxyl groups excluding tert-OH is 5. The van der Waals surface area contributed by atoms with Gasteiger partial charge in [0, 0.05) is 6.42 Å². The second-order valence-electron chi connectivity index (χ2n) is 21.8. The number of unbranched alkanes of at least 4 members (excludes halogenated alkanes) is 31. The van der Waals surface area contributed by atoms with Crippen molar-refractivity contribution in [2.75, 3.05) is 13.2 Å². The molecule has 11 nitrogen and oxygen atoms in total. The Kier molecular flexibility index (Phi) is 49.8. The van der Waals surface area contributed by atoms with E-state index < -0.39 is 67.4 Å². The minimum absolute atomic E-state index is 0.122. The molecule has 0 radical (unpaired) electrons. The Bertz CT molecular complexity index is 1460. The van der Waals surface area contributed by atoms with Crippen molar-refractivity contribution in [1.29, 1.82) is 0 Å². The van der Waals surface area contributed by atoms with Gasteiger partial charge < -0.3 is 45.1 Å². The molecule has 1 saturated heterocycles. The summed E-state index contributed by atoms with van der Waals surface area (Å²) >= 11 is 0. The van der Waals surface area contributed by atoms with E-state index in [1.54, 1.807) is 6.08 Å². The van der Waals surface area contributed by atoms with Crippen molar-refractivity contribution in [1.82, 2.24) is 5.32 Å². The molecule has 1 heterocycles. The van der Waals surface area contributed by atoms with E-state index in [9.17, 15) is 35.1 Å². The normalized spacial score (nSPS) is 19.5. The first-order valence-corrected chi connectivity index (χ1v) is 31.6. The Morgan fingerprint density at radius 3 is 1.38 bits per heavy atom. The zero-order valence-electron chi connectivity index (χ0n) is 48.9. The molecule has 11 heteroatoms. The molecule has 0 saturated carbocycles. The van der Waals surface area contributed by atoms with Crippen LogP contribution in [0.15, 0.2) is 60.8 Å². The van der Waals surface area contributed by atoms with Crippen LogP contribution >= 0.6 is 0 Å². The van der Waals surface area contributed by atoms with E-state index in [4.69, 9.17) is 14.2 Å². The summed E-state index contributed by atoms with van der Waals surface area (Å²) < 4.78 is 17.6. The minimum atomic E-state index is -1.62. The van der Waals surface area contributed by atoms with Gasteiger partial charge in [-0.15, -0.1) is 0 Å². The van der Waals surface area contributed by atoms with Gasteiger partial charge in [-0.25, -0.2) is 0 Å². The molecule has 0 aliphatic carbocycles. The molecule has 1 rings (SSSR count). The topological polar surface area (TPSA) is 175 Å². The summed E-state index contributed by atoms with van der Waals surface area (Å²) in [6, 6.07) is -1.04. The summed E-state index contributed by atoms with van der Waals surface area (Å²) in [5.41, 5.74) is 0. The van der Waals surface area contributed by atoms with Crippen LogP contribution in [-0.4, -0.2) is 99.6 Å². The minimum Gasteiger partial charge on any atom is -0.454 e. The van der Waals surface area contributed by atoms with Gasteiger partial charge in [0.15, 0.2) is 12.4 Å². The molecule has 6 N–H and O–H groups in total. The average Bonchev–Trinajstić information content (AvgIpc) is 3.42. The number of amides is 1. The molecule has 0 spiro atoms. The summed E-state index contributed by atoms with van der Waals surface area (Å²) in [5, 5.41) is 56.9. The third kappa shape index (κ3) is 40.5. The van der Waals surface area contributed by atoms with Gasteiger partial charge in [-0.2, -0.15) is 0 Å². The molecular formula is C65H117NO10. The number of allylic oxidation sites excluding steroid dienone is 9. The predicted molar refractivity (Wildman–Crippen MR) is 315 cm³/mol. The fraction of sp³-hybridized carbons (Fsp3) is 0.815. The summed E-state index contributed by atoms with van der Waals surface area (Å²) in [6.07, 6.45) is 55.4. The molecule has 8 atom stereocenters. The number of carbonyl (C=O) groups excluding carboxylic acids is 2. The Morgan fingerprint density at radius 1 is 0.513 bits per heavy atom. The highest BCUT2D eigenvalue weighted by Gasteiger charge is 2.47. The monoisotopic (exact) mass is 1070 g/mol. The third-order valence-corrected chi connectivity index (χ3v) is 14.7. The Hall–Kier alpha value is -2.64. The maximum absolute atomic E-state index is 13.4. The number of nitrogens with one attached hydrogen (secondary N) is 1. The van der Waals surface area contributed by atoms with Gasteiger partial charge in [-0.1, -0.05) is 261 Å². The molecule has 1 aliphatic rings. The smallest absolute Gasteiger partial charge is 0.306 e. The van der Waals surface area contributed by atoms with Gasteiger partial charge in [0.1, 0.15) is 24.4 Å². The van der Waals surface area contributed by atoms with Gasteiger partial charge in [-0.05, 0) is 70.6 Å². The van der Waals surface area contributed by atoms with Crippen LogP contribution in [0, 0.1) is 0 Å². The maximum atomic E-state index is 13.4. The molecular weight excluding hydrogens is 955 g/mol. The Morgan fingerprint density at radius 2 is 0.908 bits per heavy atom. The van der Waals surface area contributed by atoms with E-state index in [1.807, 2.05) is 6.08 Å². The zero-order valence-corrected chi connectivity index (χ0v) is 48.9. The highest BCUT2D eigenvalue weighted by atomic mass is 16.7. The van der Waals surface area contributed by atoms with Crippen molar-refractivity contribution in [3.8, 4) is 0 Å². The van der Waals surface area contributed by atoms with Crippen LogP contribution in [0.4, 0.5) is 0 Å². The quantitative estimate of drug-likeness (QED) is 0.0195. The second kappa shape index (κ2) is 53.0. The Labute approximate surface area is 465 Å². The van der Waals surface area contributed by atoms with E-state index in [2.05, 4.69) is 74.7 Å². The largest absolute Gasteiger partial charge is 0.454 e. The van der Waals surface area contributed by atoms with E-state index >= 15 is 0 Å². The first-order valence-electron chi connectivity index (χ1n) is 31.6. The van der Waals surface area contributed by atoms with Crippen molar-refractivity contribution in [2.45, 2.75) is 327 Å². The van der Waals surface area contributed by atoms with E-state index in [0.29, 0.717) is 12.8 Å². The first kappa shape index (κ1) is 71.4. The van der Waals surface area contributed by atoms with Crippen LogP contribution in [0.3, 0.4) is 0 Å². The molecule has 1 amide bonds. The van der Waals surface area contributed by atoms with Gasteiger partial charge in [0.05, 0.1) is 25.4 Å². The molecule has 1 aliphatic heterocycles. The lowest BCUT2D eigenvalue weighted by molar-refractivity contribution is -0.305. The predicted octanol–water partition coefficient (Wildman–Crippen LogP) is 15.0. The number of rotatable bonds is 53. The molecule has 8 unspecified atom stereocenters. The van der Waals surface area contributed by atoms with E-state index in [1.165, 1.54) is 154 Å². The number of esters is 1. The summed E-state index contributed by atoms with van der Waals surface area (Å²) in [6.45, 7) is 5.75. The fourth-order valence-electron chi connectivity index (χ4n) is 9.64. The second-order valence-corrected chi connectivity index (χ2v) is 21.8. The maximum Gasteiger partial charge on any atom is 0.306 e. The van der Waals surface area contributed by atoms with Gasteiger partial charge in [-0.3, -0.25) is 9.59 Å². The number of hydrogen-bond acceptors (Lipinski definition) is 10. The molecule has 76 heavy (non-hydrogen) atoms. The van der Waals surface area contributed by atoms with Crippen molar-refractivity contribution >= 4 is 11.9 Å². The van der Waals surface area contributed by atoms with Crippen LogP contribution in [0.2, 0.25) is 0 Å². The fourth-order valence-corrected chi connectivity index (χ4v) is 9.64. The standard InChI is InChI=1S/C65H117NO10/c1-4-7-10-13-16-19-22-25-27-29-31-32-34-37-40-43-46-49-52-58(69)64(73)66-56(57(68)51-48-45-42-39-36-24-21-18-15-12-9-6-3)55-74-65-63(62(72)61(71)59(54-67)75-65)76-60(70)53-50-47-44-41-38-35-33-30-28-26-23-20-17-14-11-8-5-2/h16,19,25,27,31-32,37,40,48,51,56-59,61-63,65,67-69,71-72H,4-15,17-18,20-24,26,28-30,33-36,38-39,41-47,49-50,52-55H2,1-3H3,(H,66,73)/b19-16-,27-25-,32-31-,40-37-,51-48+. The number of aliphatic hydroxyl groups is 5.